The Kier molecular flexibility index (Phi) is 4.31. The predicted molar refractivity (Wildman–Crippen MR) is 71.6 cm³/mol. The molecule has 2 rings (SSSR count). The highest BCUT2D eigenvalue weighted by Gasteiger charge is 2.30. The maximum Gasteiger partial charge on any atom is 0.243 e. The third kappa shape index (κ3) is 3.07. The minimum atomic E-state index is -0.339. The van der Waals surface area contributed by atoms with Gasteiger partial charge in [0.15, 0.2) is 5.13 Å². The molecular formula is C12H19N3O2S. The second-order valence-corrected chi connectivity index (χ2v) is 5.73. The molecule has 0 aliphatic carbocycles. The molecular weight excluding hydrogens is 250 g/mol. The second-order valence-electron chi connectivity index (χ2n) is 4.83. The van der Waals surface area contributed by atoms with Crippen molar-refractivity contribution in [1.29, 1.82) is 0 Å². The van der Waals surface area contributed by atoms with Crippen molar-refractivity contribution in [2.24, 2.45) is 5.92 Å². The van der Waals surface area contributed by atoms with Crippen LogP contribution in [0.1, 0.15) is 20.3 Å². The van der Waals surface area contributed by atoms with Crippen LogP contribution in [0.25, 0.3) is 0 Å². The van der Waals surface area contributed by atoms with Crippen LogP contribution in [0.15, 0.2) is 11.6 Å². The molecule has 100 valence electrons. The van der Waals surface area contributed by atoms with Crippen LogP contribution in [-0.2, 0) is 4.79 Å². The summed E-state index contributed by atoms with van der Waals surface area (Å²) in [7, 11) is 0. The topological polar surface area (TPSA) is 65.5 Å². The van der Waals surface area contributed by atoms with E-state index in [4.69, 9.17) is 0 Å². The summed E-state index contributed by atoms with van der Waals surface area (Å²) in [6.07, 6.45) is 2.25. The summed E-state index contributed by atoms with van der Waals surface area (Å²) in [6, 6.07) is -0.240. The van der Waals surface area contributed by atoms with Crippen LogP contribution < -0.4 is 5.32 Å². The van der Waals surface area contributed by atoms with Gasteiger partial charge in [0.25, 0.3) is 0 Å². The molecule has 0 bridgehead atoms. The van der Waals surface area contributed by atoms with Crippen LogP contribution in [0.4, 0.5) is 5.13 Å². The van der Waals surface area contributed by atoms with Gasteiger partial charge >= 0.3 is 0 Å². The van der Waals surface area contributed by atoms with Crippen molar-refractivity contribution < 1.29 is 9.90 Å². The van der Waals surface area contributed by atoms with Gasteiger partial charge in [-0.25, -0.2) is 4.98 Å². The van der Waals surface area contributed by atoms with Crippen molar-refractivity contribution in [3.63, 3.8) is 0 Å². The standard InChI is InChI=1S/C12H19N3O2S/c1-8-3-5-15(7-10(8)16)9(2)11(17)14-12-13-4-6-18-12/h4,6,8-10,16H,3,5,7H2,1-2H3,(H,13,14,17). The van der Waals surface area contributed by atoms with Gasteiger partial charge in [0.05, 0.1) is 12.1 Å². The largest absolute Gasteiger partial charge is 0.392 e. The number of rotatable bonds is 3. The lowest BCUT2D eigenvalue weighted by Crippen LogP contribution is -2.50. The van der Waals surface area contributed by atoms with Crippen molar-refractivity contribution >= 4 is 22.4 Å². The molecule has 1 aliphatic heterocycles. The van der Waals surface area contributed by atoms with E-state index in [-0.39, 0.29) is 18.1 Å². The Hall–Kier alpha value is -0.980. The van der Waals surface area contributed by atoms with Gasteiger partial charge in [-0.15, -0.1) is 11.3 Å². The third-order valence-corrected chi connectivity index (χ3v) is 4.23. The second kappa shape index (κ2) is 5.77. The smallest absolute Gasteiger partial charge is 0.243 e. The Balaban J connectivity index is 1.90. The van der Waals surface area contributed by atoms with Crippen molar-refractivity contribution in [1.82, 2.24) is 9.88 Å². The number of likely N-dealkylation sites (tertiary alicyclic amines) is 1. The summed E-state index contributed by atoms with van der Waals surface area (Å²) in [5, 5.41) is 15.1. The van der Waals surface area contributed by atoms with Gasteiger partial charge in [-0.3, -0.25) is 9.69 Å². The summed E-state index contributed by atoms with van der Waals surface area (Å²) >= 11 is 1.41. The molecule has 0 aromatic carbocycles. The molecule has 1 amide bonds. The molecule has 6 heteroatoms. The maximum atomic E-state index is 12.0. The van der Waals surface area contributed by atoms with E-state index in [1.165, 1.54) is 11.3 Å². The third-order valence-electron chi connectivity index (χ3n) is 3.54. The first kappa shape index (κ1) is 13.5. The molecule has 1 aromatic heterocycles. The van der Waals surface area contributed by atoms with Crippen LogP contribution in [0, 0.1) is 5.92 Å². The summed E-state index contributed by atoms with van der Waals surface area (Å²) in [4.78, 5) is 18.1. The molecule has 3 atom stereocenters. The molecule has 0 radical (unpaired) electrons. The molecule has 2 heterocycles. The van der Waals surface area contributed by atoms with E-state index >= 15 is 0 Å². The van der Waals surface area contributed by atoms with E-state index in [0.29, 0.717) is 17.6 Å². The molecule has 1 aromatic rings. The number of hydrogen-bond acceptors (Lipinski definition) is 5. The van der Waals surface area contributed by atoms with Gasteiger partial charge in [-0.1, -0.05) is 6.92 Å². The van der Waals surface area contributed by atoms with E-state index < -0.39 is 0 Å². The number of aliphatic hydroxyl groups excluding tert-OH is 1. The van der Waals surface area contributed by atoms with Gasteiger partial charge in [0.1, 0.15) is 0 Å². The molecule has 5 nitrogen and oxygen atoms in total. The zero-order valence-electron chi connectivity index (χ0n) is 10.7. The number of piperidine rings is 1. The first-order valence-electron chi connectivity index (χ1n) is 6.20. The van der Waals surface area contributed by atoms with Gasteiger partial charge in [0, 0.05) is 18.1 Å². The lowest BCUT2D eigenvalue weighted by molar-refractivity contribution is -0.122. The van der Waals surface area contributed by atoms with Crippen LogP contribution in [0.2, 0.25) is 0 Å². The first-order valence-corrected chi connectivity index (χ1v) is 7.08. The number of anilines is 1. The van der Waals surface area contributed by atoms with E-state index in [9.17, 15) is 9.90 Å². The highest BCUT2D eigenvalue weighted by Crippen LogP contribution is 2.19. The number of β-amino-alcohol motifs (C(OH)–C–C–N with tert-alkyl or cyclic N) is 1. The molecule has 0 spiro atoms. The minimum absolute atomic E-state index is 0.0632. The molecule has 1 aliphatic rings. The number of hydrogen-bond donors (Lipinski definition) is 2. The molecule has 18 heavy (non-hydrogen) atoms. The van der Waals surface area contributed by atoms with Crippen LogP contribution in [-0.4, -0.2) is 46.1 Å². The predicted octanol–water partition coefficient (Wildman–Crippen LogP) is 1.17. The summed E-state index contributed by atoms with van der Waals surface area (Å²) in [6.45, 7) is 5.33. The van der Waals surface area contributed by atoms with Gasteiger partial charge < -0.3 is 10.4 Å². The number of carbonyl (C=O) groups excluding carboxylic acids is 1. The quantitative estimate of drug-likeness (QED) is 0.864. The SMILES string of the molecule is CC1CCN(C(C)C(=O)Nc2nccs2)CC1O. The number of nitrogens with one attached hydrogen (secondary N) is 1. The number of nitrogens with zero attached hydrogens (tertiary/aromatic N) is 2. The molecule has 0 saturated carbocycles. The van der Waals surface area contributed by atoms with Crippen LogP contribution in [0.5, 0.6) is 0 Å². The van der Waals surface area contributed by atoms with Gasteiger partial charge in [-0.05, 0) is 25.8 Å². The van der Waals surface area contributed by atoms with E-state index in [1.807, 2.05) is 24.1 Å². The van der Waals surface area contributed by atoms with Crippen LogP contribution in [0.3, 0.4) is 0 Å². The van der Waals surface area contributed by atoms with Crippen molar-refractivity contribution in [3.8, 4) is 0 Å². The number of amides is 1. The van der Waals surface area contributed by atoms with E-state index in [1.54, 1.807) is 6.20 Å². The maximum absolute atomic E-state index is 12.0. The molecule has 1 saturated heterocycles. The van der Waals surface area contributed by atoms with Crippen molar-refractivity contribution in [2.75, 3.05) is 18.4 Å². The molecule has 1 fully saturated rings. The van der Waals surface area contributed by atoms with Gasteiger partial charge in [-0.2, -0.15) is 0 Å². The fraction of sp³-hybridized carbons (Fsp3) is 0.667. The summed E-state index contributed by atoms with van der Waals surface area (Å²) in [5.41, 5.74) is 0. The first-order chi connectivity index (χ1) is 8.58. The zero-order chi connectivity index (χ0) is 13.1. The Labute approximate surface area is 111 Å². The Morgan fingerprint density at radius 1 is 1.72 bits per heavy atom. The van der Waals surface area contributed by atoms with E-state index in [0.717, 1.165) is 13.0 Å². The number of aromatic nitrogens is 1. The zero-order valence-corrected chi connectivity index (χ0v) is 11.5. The lowest BCUT2D eigenvalue weighted by Gasteiger charge is -2.37. The Bertz CT molecular complexity index is 396. The van der Waals surface area contributed by atoms with Crippen molar-refractivity contribution in [2.45, 2.75) is 32.4 Å². The Morgan fingerprint density at radius 2 is 2.50 bits per heavy atom. The number of aliphatic hydroxyl groups is 1. The summed E-state index contributed by atoms with van der Waals surface area (Å²) in [5.74, 6) is 0.252. The van der Waals surface area contributed by atoms with Gasteiger partial charge in [0.2, 0.25) is 5.91 Å². The normalized spacial score (nSPS) is 26.8. The molecule has 3 unspecified atom stereocenters. The lowest BCUT2D eigenvalue weighted by atomic mass is 9.95. The number of thiazole rings is 1. The number of carbonyl (C=O) groups is 1. The average molecular weight is 269 g/mol. The fourth-order valence-corrected chi connectivity index (χ4v) is 2.62. The fourth-order valence-electron chi connectivity index (χ4n) is 2.09. The minimum Gasteiger partial charge on any atom is -0.392 e. The van der Waals surface area contributed by atoms with Crippen molar-refractivity contribution in [3.05, 3.63) is 11.6 Å². The highest BCUT2D eigenvalue weighted by atomic mass is 32.1. The van der Waals surface area contributed by atoms with Crippen LogP contribution >= 0.6 is 11.3 Å². The monoisotopic (exact) mass is 269 g/mol. The van der Waals surface area contributed by atoms with E-state index in [2.05, 4.69) is 10.3 Å². The highest BCUT2D eigenvalue weighted by molar-refractivity contribution is 7.13. The molecule has 2 N–H and O–H groups in total. The average Bonchev–Trinajstić information content (AvgIpc) is 2.84. The summed E-state index contributed by atoms with van der Waals surface area (Å²) < 4.78 is 0. The Morgan fingerprint density at radius 3 is 3.11 bits per heavy atom.